The van der Waals surface area contributed by atoms with E-state index in [0.29, 0.717) is 0 Å². The van der Waals surface area contributed by atoms with Crippen LogP contribution in [0, 0.1) is 6.08 Å². The molecule has 1 aliphatic rings. The topological polar surface area (TPSA) is 0 Å². The molecule has 0 aromatic carbocycles. The van der Waals surface area contributed by atoms with E-state index < -0.39 is 0 Å². The second-order valence-corrected chi connectivity index (χ2v) is 0.692. The molecular formula is C4H3Co2-. The maximum atomic E-state index is 2.81. The molecule has 0 saturated heterocycles. The van der Waals surface area contributed by atoms with Crippen molar-refractivity contribution >= 4 is 0 Å². The largest absolute Gasteiger partial charge is 0.184 e. The zero-order valence-electron chi connectivity index (χ0n) is 2.90. The van der Waals surface area contributed by atoms with Crippen molar-refractivity contribution in [2.45, 2.75) is 0 Å². The third kappa shape index (κ3) is 2.72. The number of hydrogen-bond donors (Lipinski definition) is 0. The van der Waals surface area contributed by atoms with Gasteiger partial charge in [-0.25, -0.2) is 0 Å². The fraction of sp³-hybridized carbons (Fsp3) is 0. The second-order valence-electron chi connectivity index (χ2n) is 0.692. The summed E-state index contributed by atoms with van der Waals surface area (Å²) in [6.07, 6.45) is 8.50. The predicted molar refractivity (Wildman–Crippen MR) is 17.0 cm³/mol. The molecule has 0 aromatic rings. The van der Waals surface area contributed by atoms with Gasteiger partial charge in [0.1, 0.15) is 0 Å². The fourth-order valence-corrected chi connectivity index (χ4v) is 0.0962. The quantitative estimate of drug-likeness (QED) is 0.472. The molecule has 6 heavy (non-hydrogen) atoms. The molecule has 38 valence electrons. The third-order valence-electron chi connectivity index (χ3n) is 0.385. The van der Waals surface area contributed by atoms with Crippen molar-refractivity contribution in [1.29, 1.82) is 0 Å². The fourth-order valence-electron chi connectivity index (χ4n) is 0.0962. The van der Waals surface area contributed by atoms with Crippen molar-refractivity contribution in [3.05, 3.63) is 24.3 Å². The molecule has 0 unspecified atom stereocenters. The molecule has 0 fully saturated rings. The molecule has 0 nitrogen and oxygen atoms in total. The molecule has 1 rings (SSSR count). The predicted octanol–water partition coefficient (Wildman–Crippen LogP) is 0.911. The molecule has 1 aliphatic carbocycles. The summed E-state index contributed by atoms with van der Waals surface area (Å²) >= 11 is 0. The Labute approximate surface area is 58.1 Å². The molecule has 0 saturated carbocycles. The average molecular weight is 169 g/mol. The van der Waals surface area contributed by atoms with Crippen molar-refractivity contribution < 1.29 is 33.6 Å². The van der Waals surface area contributed by atoms with Gasteiger partial charge in [0, 0.05) is 33.6 Å². The average Bonchev–Trinajstić information content (AvgIpc) is 0.722. The second kappa shape index (κ2) is 5.49. The van der Waals surface area contributed by atoms with Crippen LogP contribution in [0.4, 0.5) is 0 Å². The van der Waals surface area contributed by atoms with Crippen LogP contribution in [0.15, 0.2) is 18.2 Å². The summed E-state index contributed by atoms with van der Waals surface area (Å²) in [5.41, 5.74) is 0. The Morgan fingerprint density at radius 1 is 1.17 bits per heavy atom. The Morgan fingerprint density at radius 2 is 1.33 bits per heavy atom. The monoisotopic (exact) mass is 169 g/mol. The van der Waals surface area contributed by atoms with Crippen LogP contribution in [0.2, 0.25) is 0 Å². The van der Waals surface area contributed by atoms with Gasteiger partial charge in [-0.2, -0.15) is 24.3 Å². The first-order valence-electron chi connectivity index (χ1n) is 1.24. The maximum Gasteiger partial charge on any atom is 0 e. The molecule has 0 bridgehead atoms. The van der Waals surface area contributed by atoms with Gasteiger partial charge in [0.25, 0.3) is 0 Å². The zero-order valence-corrected chi connectivity index (χ0v) is 4.98. The van der Waals surface area contributed by atoms with Gasteiger partial charge in [-0.3, -0.25) is 0 Å². The molecule has 0 atom stereocenters. The van der Waals surface area contributed by atoms with E-state index in [0.717, 1.165) is 0 Å². The summed E-state index contributed by atoms with van der Waals surface area (Å²) in [4.78, 5) is 0. The zero-order chi connectivity index (χ0) is 2.83. The minimum atomic E-state index is 0. The Balaban J connectivity index is 0. The first kappa shape index (κ1) is 9.70. The van der Waals surface area contributed by atoms with E-state index in [1.807, 2.05) is 18.2 Å². The molecule has 2 radical (unpaired) electrons. The van der Waals surface area contributed by atoms with Gasteiger partial charge in [0.2, 0.25) is 0 Å². The van der Waals surface area contributed by atoms with Crippen LogP contribution in [0.25, 0.3) is 0 Å². The molecule has 0 aromatic heterocycles. The van der Waals surface area contributed by atoms with Gasteiger partial charge in [-0.1, -0.05) is 0 Å². The Kier molecular flexibility index (Phi) is 8.88. The summed E-state index contributed by atoms with van der Waals surface area (Å²) in [5.74, 6) is 0. The molecule has 2 heteroatoms. The van der Waals surface area contributed by atoms with Crippen LogP contribution in [0.5, 0.6) is 0 Å². The van der Waals surface area contributed by atoms with Crippen LogP contribution >= 0.6 is 0 Å². The van der Waals surface area contributed by atoms with Crippen molar-refractivity contribution in [1.82, 2.24) is 0 Å². The van der Waals surface area contributed by atoms with E-state index in [-0.39, 0.29) is 33.6 Å². The van der Waals surface area contributed by atoms with Crippen LogP contribution < -0.4 is 0 Å². The minimum absolute atomic E-state index is 0. The summed E-state index contributed by atoms with van der Waals surface area (Å²) in [7, 11) is 0. The SMILES string of the molecule is [C-]1=CC=C1.[Co].[Co]. The normalized spacial score (nSPS) is 10.7. The van der Waals surface area contributed by atoms with E-state index in [9.17, 15) is 0 Å². The Hall–Kier alpha value is 0.493. The van der Waals surface area contributed by atoms with Crippen molar-refractivity contribution in [3.63, 3.8) is 0 Å². The number of rotatable bonds is 0. The van der Waals surface area contributed by atoms with Crippen LogP contribution in [0.1, 0.15) is 0 Å². The number of hydrogen-bond acceptors (Lipinski definition) is 0. The molecule has 0 N–H and O–H groups in total. The minimum Gasteiger partial charge on any atom is -0.184 e. The van der Waals surface area contributed by atoms with Crippen LogP contribution in [-0.2, 0) is 33.6 Å². The van der Waals surface area contributed by atoms with E-state index in [1.54, 1.807) is 0 Å². The first-order chi connectivity index (χ1) is 2.00. The molecular weight excluding hydrogens is 166 g/mol. The van der Waals surface area contributed by atoms with Crippen LogP contribution in [0.3, 0.4) is 0 Å². The van der Waals surface area contributed by atoms with E-state index >= 15 is 0 Å². The number of allylic oxidation sites excluding steroid dienone is 4. The summed E-state index contributed by atoms with van der Waals surface area (Å²) < 4.78 is 0. The van der Waals surface area contributed by atoms with Gasteiger partial charge in [0.15, 0.2) is 0 Å². The smallest absolute Gasteiger partial charge is 0 e. The van der Waals surface area contributed by atoms with Gasteiger partial charge < -0.3 is 0 Å². The summed E-state index contributed by atoms with van der Waals surface area (Å²) in [6, 6.07) is 0. The van der Waals surface area contributed by atoms with Crippen molar-refractivity contribution in [2.75, 3.05) is 0 Å². The van der Waals surface area contributed by atoms with E-state index in [4.69, 9.17) is 0 Å². The van der Waals surface area contributed by atoms with Gasteiger partial charge in [-0.05, 0) is 0 Å². The van der Waals surface area contributed by atoms with E-state index in [2.05, 4.69) is 6.08 Å². The molecule has 0 heterocycles. The molecule has 0 aliphatic heterocycles. The van der Waals surface area contributed by atoms with Crippen LogP contribution in [-0.4, -0.2) is 0 Å². The van der Waals surface area contributed by atoms with Gasteiger partial charge in [-0.15, -0.1) is 0 Å². The van der Waals surface area contributed by atoms with Crippen molar-refractivity contribution in [2.24, 2.45) is 0 Å². The first-order valence-corrected chi connectivity index (χ1v) is 1.24. The van der Waals surface area contributed by atoms with Gasteiger partial charge >= 0.3 is 0 Å². The standard InChI is InChI=1S/C4H3.2Co/c1-2-4-3-1;;/h1-3H;;/q-1;;. The Bertz CT molecular complexity index is 45.9. The Morgan fingerprint density at radius 3 is 1.33 bits per heavy atom. The summed E-state index contributed by atoms with van der Waals surface area (Å²) in [5, 5.41) is 0. The van der Waals surface area contributed by atoms with E-state index in [1.165, 1.54) is 0 Å². The van der Waals surface area contributed by atoms with Gasteiger partial charge in [0.05, 0.1) is 0 Å². The molecule has 0 amide bonds. The van der Waals surface area contributed by atoms with Crippen molar-refractivity contribution in [3.8, 4) is 0 Å². The maximum absolute atomic E-state index is 2.81. The summed E-state index contributed by atoms with van der Waals surface area (Å²) in [6.45, 7) is 0. The molecule has 0 spiro atoms. The third-order valence-corrected chi connectivity index (χ3v) is 0.385.